The quantitative estimate of drug-likeness (QED) is 0.528. The summed E-state index contributed by atoms with van der Waals surface area (Å²) in [4.78, 5) is 35.9. The van der Waals surface area contributed by atoms with E-state index in [1.807, 2.05) is 0 Å². The number of nitrogens with zero attached hydrogens (tertiary/aromatic N) is 1. The molecule has 0 spiro atoms. The molecule has 8 nitrogen and oxygen atoms in total. The second-order valence-electron chi connectivity index (χ2n) is 4.91. The molecule has 1 heterocycles. The number of hydrogen-bond acceptors (Lipinski definition) is 4. The Kier molecular flexibility index (Phi) is 5.75. The van der Waals surface area contributed by atoms with Crippen molar-refractivity contribution >= 4 is 17.9 Å². The molecule has 0 aromatic rings. The molecule has 1 unspecified atom stereocenters. The third-order valence-electron chi connectivity index (χ3n) is 3.35. The van der Waals surface area contributed by atoms with E-state index in [-0.39, 0.29) is 18.4 Å². The van der Waals surface area contributed by atoms with Crippen molar-refractivity contribution in [2.75, 3.05) is 20.1 Å². The van der Waals surface area contributed by atoms with Crippen LogP contribution in [0.4, 0.5) is 4.79 Å². The molecule has 0 aromatic heterocycles. The van der Waals surface area contributed by atoms with Gasteiger partial charge in [-0.05, 0) is 19.8 Å². The number of likely N-dealkylation sites (tertiary alicyclic amines) is 1. The lowest BCUT2D eigenvalue weighted by molar-refractivity contribution is -0.142. The summed E-state index contributed by atoms with van der Waals surface area (Å²) in [6, 6.07) is -1.94. The maximum Gasteiger partial charge on any atom is 0.328 e. The van der Waals surface area contributed by atoms with Gasteiger partial charge in [0, 0.05) is 20.1 Å². The standard InChI is InChI=1S/C12H21N3O5/c1-7(16)9(11(18)19)14-12(20)15-5-3-4-8(6-15)10(17)13-2/h7-9,16H,3-6H2,1-2H3,(H,13,17)(H,14,20)(H,18,19)/t7-,8?,9+/m1/s1. The number of aliphatic hydroxyl groups is 1. The number of aliphatic hydroxyl groups excluding tert-OH is 1. The largest absolute Gasteiger partial charge is 0.480 e. The van der Waals surface area contributed by atoms with Gasteiger partial charge in [0.2, 0.25) is 5.91 Å². The SMILES string of the molecule is CNC(=O)C1CCCN(C(=O)N[C@H](C(=O)O)[C@@H](C)O)C1. The number of carbonyl (C=O) groups is 3. The molecular weight excluding hydrogens is 266 g/mol. The van der Waals surface area contributed by atoms with E-state index in [0.29, 0.717) is 19.4 Å². The van der Waals surface area contributed by atoms with Crippen LogP contribution in [0, 0.1) is 5.92 Å². The minimum atomic E-state index is -1.36. The summed E-state index contributed by atoms with van der Waals surface area (Å²) in [5.41, 5.74) is 0. The average Bonchev–Trinajstić information content (AvgIpc) is 2.42. The first kappa shape index (κ1) is 16.2. The molecule has 3 atom stereocenters. The summed E-state index contributed by atoms with van der Waals surface area (Å²) in [5.74, 6) is -1.71. The van der Waals surface area contributed by atoms with E-state index < -0.39 is 24.1 Å². The average molecular weight is 287 g/mol. The Morgan fingerprint density at radius 1 is 1.35 bits per heavy atom. The zero-order valence-corrected chi connectivity index (χ0v) is 11.6. The van der Waals surface area contributed by atoms with Crippen molar-refractivity contribution in [1.29, 1.82) is 0 Å². The van der Waals surface area contributed by atoms with Crippen molar-refractivity contribution in [3.63, 3.8) is 0 Å². The monoisotopic (exact) mass is 287 g/mol. The van der Waals surface area contributed by atoms with Crippen LogP contribution in [0.5, 0.6) is 0 Å². The Morgan fingerprint density at radius 3 is 2.50 bits per heavy atom. The molecular formula is C12H21N3O5. The topological polar surface area (TPSA) is 119 Å². The van der Waals surface area contributed by atoms with Gasteiger partial charge in [-0.2, -0.15) is 0 Å². The van der Waals surface area contributed by atoms with Gasteiger partial charge in [-0.15, -0.1) is 0 Å². The molecule has 0 radical (unpaired) electrons. The molecule has 114 valence electrons. The van der Waals surface area contributed by atoms with Crippen LogP contribution in [0.25, 0.3) is 0 Å². The second-order valence-corrected chi connectivity index (χ2v) is 4.91. The summed E-state index contributed by atoms with van der Waals surface area (Å²) in [7, 11) is 1.54. The molecule has 20 heavy (non-hydrogen) atoms. The van der Waals surface area contributed by atoms with Crippen molar-refractivity contribution < 1.29 is 24.6 Å². The van der Waals surface area contributed by atoms with Crippen molar-refractivity contribution in [3.05, 3.63) is 0 Å². The van der Waals surface area contributed by atoms with E-state index in [9.17, 15) is 19.5 Å². The number of hydrogen-bond donors (Lipinski definition) is 4. The zero-order valence-electron chi connectivity index (χ0n) is 11.6. The van der Waals surface area contributed by atoms with Gasteiger partial charge in [-0.25, -0.2) is 9.59 Å². The van der Waals surface area contributed by atoms with Crippen molar-refractivity contribution in [1.82, 2.24) is 15.5 Å². The molecule has 3 amide bonds. The van der Waals surface area contributed by atoms with Gasteiger partial charge in [0.1, 0.15) is 0 Å². The number of urea groups is 1. The van der Waals surface area contributed by atoms with Gasteiger partial charge in [-0.3, -0.25) is 4.79 Å². The normalized spacial score (nSPS) is 21.8. The zero-order chi connectivity index (χ0) is 15.3. The summed E-state index contributed by atoms with van der Waals surface area (Å²) in [6.45, 7) is 2.01. The lowest BCUT2D eigenvalue weighted by atomic mass is 9.97. The number of amides is 3. The Balaban J connectivity index is 2.62. The Hall–Kier alpha value is -1.83. The van der Waals surface area contributed by atoms with Crippen molar-refractivity contribution in [2.45, 2.75) is 31.9 Å². The molecule has 0 aliphatic carbocycles. The van der Waals surface area contributed by atoms with Gasteiger partial charge < -0.3 is 25.7 Å². The molecule has 8 heteroatoms. The highest BCUT2D eigenvalue weighted by molar-refractivity contribution is 5.84. The van der Waals surface area contributed by atoms with E-state index in [1.165, 1.54) is 18.9 Å². The Morgan fingerprint density at radius 2 is 2.00 bits per heavy atom. The van der Waals surface area contributed by atoms with Crippen LogP contribution in [0.15, 0.2) is 0 Å². The Labute approximate surface area is 117 Å². The number of carboxylic acid groups (broad SMARTS) is 1. The minimum absolute atomic E-state index is 0.132. The second kappa shape index (κ2) is 7.09. The van der Waals surface area contributed by atoms with Gasteiger partial charge in [0.05, 0.1) is 12.0 Å². The maximum absolute atomic E-state index is 12.0. The first-order valence-corrected chi connectivity index (χ1v) is 6.54. The smallest absolute Gasteiger partial charge is 0.328 e. The van der Waals surface area contributed by atoms with E-state index in [2.05, 4.69) is 10.6 Å². The van der Waals surface area contributed by atoms with Crippen LogP contribution in [0.3, 0.4) is 0 Å². The predicted molar refractivity (Wildman–Crippen MR) is 70.0 cm³/mol. The highest BCUT2D eigenvalue weighted by atomic mass is 16.4. The molecule has 1 aliphatic rings. The van der Waals surface area contributed by atoms with Crippen LogP contribution < -0.4 is 10.6 Å². The third kappa shape index (κ3) is 4.09. The molecule has 4 N–H and O–H groups in total. The number of aliphatic carboxylic acids is 1. The fraction of sp³-hybridized carbons (Fsp3) is 0.750. The number of carbonyl (C=O) groups excluding carboxylic acids is 2. The van der Waals surface area contributed by atoms with E-state index in [4.69, 9.17) is 5.11 Å². The number of carboxylic acids is 1. The summed E-state index contributed by atoms with van der Waals surface area (Å²) in [5, 5.41) is 23.1. The highest BCUT2D eigenvalue weighted by Crippen LogP contribution is 2.16. The van der Waals surface area contributed by atoms with Gasteiger partial charge >= 0.3 is 12.0 Å². The van der Waals surface area contributed by atoms with Crippen LogP contribution in [0.2, 0.25) is 0 Å². The van der Waals surface area contributed by atoms with E-state index in [1.54, 1.807) is 0 Å². The molecule has 1 saturated heterocycles. The van der Waals surface area contributed by atoms with Gasteiger partial charge in [-0.1, -0.05) is 0 Å². The molecule has 0 aromatic carbocycles. The molecule has 0 saturated carbocycles. The van der Waals surface area contributed by atoms with Gasteiger partial charge in [0.15, 0.2) is 6.04 Å². The van der Waals surface area contributed by atoms with Crippen LogP contribution in [-0.2, 0) is 9.59 Å². The summed E-state index contributed by atoms with van der Waals surface area (Å²) >= 11 is 0. The first-order valence-electron chi connectivity index (χ1n) is 6.54. The van der Waals surface area contributed by atoms with Crippen molar-refractivity contribution in [2.24, 2.45) is 5.92 Å². The minimum Gasteiger partial charge on any atom is -0.480 e. The van der Waals surface area contributed by atoms with Crippen molar-refractivity contribution in [3.8, 4) is 0 Å². The van der Waals surface area contributed by atoms with Crippen LogP contribution in [0.1, 0.15) is 19.8 Å². The maximum atomic E-state index is 12.0. The van der Waals surface area contributed by atoms with E-state index in [0.717, 1.165) is 0 Å². The first-order chi connectivity index (χ1) is 9.36. The Bertz CT molecular complexity index is 385. The van der Waals surface area contributed by atoms with E-state index >= 15 is 0 Å². The number of piperidine rings is 1. The molecule has 1 fully saturated rings. The van der Waals surface area contributed by atoms with Crippen LogP contribution >= 0.6 is 0 Å². The number of rotatable bonds is 4. The lowest BCUT2D eigenvalue weighted by Crippen LogP contribution is -2.55. The molecule has 1 rings (SSSR count). The fourth-order valence-corrected chi connectivity index (χ4v) is 2.19. The van der Waals surface area contributed by atoms with Gasteiger partial charge in [0.25, 0.3) is 0 Å². The summed E-state index contributed by atoms with van der Waals surface area (Å²) < 4.78 is 0. The lowest BCUT2D eigenvalue weighted by Gasteiger charge is -2.32. The third-order valence-corrected chi connectivity index (χ3v) is 3.35. The molecule has 1 aliphatic heterocycles. The summed E-state index contributed by atoms with van der Waals surface area (Å²) in [6.07, 6.45) is 0.177. The predicted octanol–water partition coefficient (Wildman–Crippen LogP) is -1.01. The number of nitrogens with one attached hydrogen (secondary N) is 2. The molecule has 0 bridgehead atoms. The van der Waals surface area contributed by atoms with Crippen LogP contribution in [-0.4, -0.2) is 65.3 Å². The fourth-order valence-electron chi connectivity index (χ4n) is 2.19. The highest BCUT2D eigenvalue weighted by Gasteiger charge is 2.31.